The Morgan fingerprint density at radius 1 is 1.19 bits per heavy atom. The first kappa shape index (κ1) is 11.2. The van der Waals surface area contributed by atoms with Gasteiger partial charge in [0.25, 0.3) is 0 Å². The number of hydrogen-bond donors (Lipinski definition) is 1. The smallest absolute Gasteiger partial charge is 0.0876 e. The van der Waals surface area contributed by atoms with Gasteiger partial charge < -0.3 is 10.5 Å². The Morgan fingerprint density at radius 2 is 1.88 bits per heavy atom. The van der Waals surface area contributed by atoms with Crippen molar-refractivity contribution in [2.24, 2.45) is 5.73 Å². The van der Waals surface area contributed by atoms with Crippen LogP contribution in [0.25, 0.3) is 0 Å². The molecule has 0 aromatic heterocycles. The summed E-state index contributed by atoms with van der Waals surface area (Å²) in [7, 11) is 0. The summed E-state index contributed by atoms with van der Waals surface area (Å²) in [5.41, 5.74) is 11.2. The second kappa shape index (κ2) is 4.71. The van der Waals surface area contributed by atoms with E-state index in [9.17, 15) is 0 Å². The third kappa shape index (κ3) is 2.45. The molecule has 0 bridgehead atoms. The fourth-order valence-corrected chi connectivity index (χ4v) is 2.22. The highest BCUT2D eigenvalue weighted by atomic mass is 16.5. The van der Waals surface area contributed by atoms with E-state index in [1.54, 1.807) is 0 Å². The van der Waals surface area contributed by atoms with Crippen molar-refractivity contribution in [2.75, 3.05) is 6.61 Å². The predicted molar refractivity (Wildman–Crippen MR) is 66.1 cm³/mol. The highest BCUT2D eigenvalue weighted by molar-refractivity contribution is 5.34. The van der Waals surface area contributed by atoms with Crippen molar-refractivity contribution in [3.05, 3.63) is 46.7 Å². The van der Waals surface area contributed by atoms with Gasteiger partial charge >= 0.3 is 0 Å². The zero-order valence-corrected chi connectivity index (χ0v) is 9.99. The molecule has 0 amide bonds. The average Bonchev–Trinajstić information content (AvgIpc) is 2.28. The van der Waals surface area contributed by atoms with Gasteiger partial charge in [0.15, 0.2) is 0 Å². The van der Waals surface area contributed by atoms with Crippen LogP contribution in [0.15, 0.2) is 30.0 Å². The summed E-state index contributed by atoms with van der Waals surface area (Å²) in [6.07, 6.45) is 3.96. The van der Waals surface area contributed by atoms with E-state index >= 15 is 0 Å². The number of benzene rings is 1. The highest BCUT2D eigenvalue weighted by Gasteiger charge is 2.15. The molecule has 2 N–H and O–H groups in total. The summed E-state index contributed by atoms with van der Waals surface area (Å²) in [5.74, 6) is 0. The lowest BCUT2D eigenvalue weighted by Crippen LogP contribution is -2.16. The van der Waals surface area contributed by atoms with Gasteiger partial charge in [0, 0.05) is 0 Å². The van der Waals surface area contributed by atoms with Gasteiger partial charge in [-0.1, -0.05) is 29.3 Å². The first-order valence-corrected chi connectivity index (χ1v) is 5.81. The van der Waals surface area contributed by atoms with E-state index in [1.165, 1.54) is 22.3 Å². The minimum Gasteiger partial charge on any atom is -0.501 e. The summed E-state index contributed by atoms with van der Waals surface area (Å²) in [6.45, 7) is 5.03. The van der Waals surface area contributed by atoms with Gasteiger partial charge in [-0.15, -0.1) is 0 Å². The van der Waals surface area contributed by atoms with Gasteiger partial charge in [0.1, 0.15) is 0 Å². The van der Waals surface area contributed by atoms with Crippen molar-refractivity contribution >= 4 is 0 Å². The molecule has 2 heteroatoms. The van der Waals surface area contributed by atoms with E-state index in [4.69, 9.17) is 10.5 Å². The maximum absolute atomic E-state index is 6.26. The number of nitrogens with two attached hydrogens (primary N) is 1. The van der Waals surface area contributed by atoms with Crippen LogP contribution in [0.5, 0.6) is 0 Å². The predicted octanol–water partition coefficient (Wildman–Crippen LogP) is 3.00. The van der Waals surface area contributed by atoms with E-state index < -0.39 is 0 Å². The van der Waals surface area contributed by atoms with E-state index in [2.05, 4.69) is 32.0 Å². The fourth-order valence-electron chi connectivity index (χ4n) is 2.22. The molecule has 1 aliphatic heterocycles. The summed E-state index contributed by atoms with van der Waals surface area (Å²) >= 11 is 0. The Balaban J connectivity index is 2.25. The van der Waals surface area contributed by atoms with E-state index in [1.807, 2.05) is 6.26 Å². The molecule has 2 rings (SSSR count). The van der Waals surface area contributed by atoms with Crippen LogP contribution in [0.3, 0.4) is 0 Å². The fraction of sp³-hybridized carbons (Fsp3) is 0.429. The van der Waals surface area contributed by atoms with Crippen molar-refractivity contribution in [3.8, 4) is 0 Å². The topological polar surface area (TPSA) is 35.2 Å². The first-order valence-electron chi connectivity index (χ1n) is 5.81. The van der Waals surface area contributed by atoms with Crippen molar-refractivity contribution in [1.82, 2.24) is 0 Å². The van der Waals surface area contributed by atoms with Gasteiger partial charge in [-0.05, 0) is 37.8 Å². The van der Waals surface area contributed by atoms with Crippen LogP contribution in [-0.2, 0) is 4.74 Å². The van der Waals surface area contributed by atoms with Gasteiger partial charge in [-0.3, -0.25) is 0 Å². The van der Waals surface area contributed by atoms with Crippen molar-refractivity contribution in [3.63, 3.8) is 0 Å². The molecule has 1 heterocycles. The van der Waals surface area contributed by atoms with E-state index in [0.29, 0.717) is 0 Å². The lowest BCUT2D eigenvalue weighted by molar-refractivity contribution is 0.221. The number of ether oxygens (including phenoxy) is 1. The number of rotatable bonds is 2. The summed E-state index contributed by atoms with van der Waals surface area (Å²) < 4.78 is 5.34. The molecule has 0 fully saturated rings. The van der Waals surface area contributed by atoms with Gasteiger partial charge in [0.05, 0.1) is 18.9 Å². The van der Waals surface area contributed by atoms with Crippen molar-refractivity contribution in [1.29, 1.82) is 0 Å². The van der Waals surface area contributed by atoms with Crippen LogP contribution in [0.4, 0.5) is 0 Å². The van der Waals surface area contributed by atoms with Gasteiger partial charge in [0.2, 0.25) is 0 Å². The normalized spacial score (nSPS) is 17.6. The maximum atomic E-state index is 6.26. The molecule has 0 saturated carbocycles. The molecule has 16 heavy (non-hydrogen) atoms. The molecular formula is C14H19NO. The van der Waals surface area contributed by atoms with Crippen molar-refractivity contribution in [2.45, 2.75) is 32.7 Å². The third-order valence-corrected chi connectivity index (χ3v) is 2.96. The molecule has 0 saturated heterocycles. The molecule has 1 unspecified atom stereocenters. The monoisotopic (exact) mass is 217 g/mol. The molecule has 0 radical (unpaired) electrons. The lowest BCUT2D eigenvalue weighted by Gasteiger charge is -2.20. The van der Waals surface area contributed by atoms with Crippen LogP contribution in [-0.4, -0.2) is 6.61 Å². The third-order valence-electron chi connectivity index (χ3n) is 2.96. The van der Waals surface area contributed by atoms with E-state index in [0.717, 1.165) is 19.4 Å². The number of hydrogen-bond acceptors (Lipinski definition) is 2. The minimum absolute atomic E-state index is 0.0149. The van der Waals surface area contributed by atoms with Crippen LogP contribution in [0.2, 0.25) is 0 Å². The van der Waals surface area contributed by atoms with Crippen LogP contribution < -0.4 is 5.73 Å². The summed E-state index contributed by atoms with van der Waals surface area (Å²) in [6, 6.07) is 6.47. The van der Waals surface area contributed by atoms with Crippen LogP contribution in [0.1, 0.15) is 35.6 Å². The SMILES string of the molecule is Cc1cc(C)cc(C(N)C2=COCCC2)c1. The average molecular weight is 217 g/mol. The zero-order chi connectivity index (χ0) is 11.5. The Hall–Kier alpha value is -1.28. The van der Waals surface area contributed by atoms with Crippen LogP contribution in [0, 0.1) is 13.8 Å². The largest absolute Gasteiger partial charge is 0.501 e. The molecule has 1 aromatic carbocycles. The van der Waals surface area contributed by atoms with Gasteiger partial charge in [-0.2, -0.15) is 0 Å². The van der Waals surface area contributed by atoms with Crippen LogP contribution >= 0.6 is 0 Å². The summed E-state index contributed by atoms with van der Waals surface area (Å²) in [4.78, 5) is 0. The molecule has 86 valence electrons. The van der Waals surface area contributed by atoms with Gasteiger partial charge in [-0.25, -0.2) is 0 Å². The zero-order valence-electron chi connectivity index (χ0n) is 9.99. The molecule has 1 aliphatic rings. The summed E-state index contributed by atoms with van der Waals surface area (Å²) in [5, 5.41) is 0. The Morgan fingerprint density at radius 3 is 2.44 bits per heavy atom. The lowest BCUT2D eigenvalue weighted by atomic mass is 9.94. The molecular weight excluding hydrogens is 198 g/mol. The Labute approximate surface area is 97.1 Å². The Kier molecular flexibility index (Phi) is 3.30. The highest BCUT2D eigenvalue weighted by Crippen LogP contribution is 2.26. The maximum Gasteiger partial charge on any atom is 0.0876 e. The molecule has 1 atom stereocenters. The Bertz CT molecular complexity index is 389. The van der Waals surface area contributed by atoms with Crippen molar-refractivity contribution < 1.29 is 4.74 Å². The number of aryl methyl sites for hydroxylation is 2. The standard InChI is InChI=1S/C14H19NO/c1-10-6-11(2)8-13(7-10)14(15)12-4-3-5-16-9-12/h6-9,14H,3-5,15H2,1-2H3. The molecule has 2 nitrogen and oxygen atoms in total. The second-order valence-electron chi connectivity index (χ2n) is 4.57. The molecule has 1 aromatic rings. The second-order valence-corrected chi connectivity index (χ2v) is 4.57. The molecule has 0 spiro atoms. The minimum atomic E-state index is -0.0149. The molecule has 0 aliphatic carbocycles. The van der Waals surface area contributed by atoms with E-state index in [-0.39, 0.29) is 6.04 Å². The quantitative estimate of drug-likeness (QED) is 0.826. The first-order chi connectivity index (χ1) is 7.66.